The molecule has 0 aliphatic heterocycles. The Morgan fingerprint density at radius 2 is 1.46 bits per heavy atom. The lowest BCUT2D eigenvalue weighted by molar-refractivity contribution is -0.128. The topological polar surface area (TPSA) is 38.3 Å². The molecule has 3 aromatic rings. The Morgan fingerprint density at radius 1 is 0.893 bits per heavy atom. The molecule has 0 aliphatic rings. The van der Waals surface area contributed by atoms with Crippen LogP contribution in [0.1, 0.15) is 41.6 Å². The molecule has 0 saturated heterocycles. The van der Waals surface area contributed by atoms with Crippen molar-refractivity contribution in [1.29, 1.82) is 0 Å². The van der Waals surface area contributed by atoms with Gasteiger partial charge in [-0.3, -0.25) is 4.79 Å². The summed E-state index contributed by atoms with van der Waals surface area (Å²) in [5.41, 5.74) is 4.23. The Morgan fingerprint density at radius 3 is 2.00 bits per heavy atom. The molecular formula is C25H27NO2. The molecule has 144 valence electrons. The number of ether oxygens (including phenoxy) is 1. The van der Waals surface area contributed by atoms with E-state index in [1.54, 1.807) is 0 Å². The molecule has 1 atom stereocenters. The number of benzene rings is 3. The molecule has 1 N–H and O–H groups in total. The van der Waals surface area contributed by atoms with Gasteiger partial charge in [0.1, 0.15) is 5.75 Å². The van der Waals surface area contributed by atoms with Gasteiger partial charge in [0.05, 0.1) is 6.04 Å². The van der Waals surface area contributed by atoms with Gasteiger partial charge in [-0.05, 0) is 48.6 Å². The van der Waals surface area contributed by atoms with Gasteiger partial charge in [0.15, 0.2) is 6.10 Å². The maximum absolute atomic E-state index is 13.1. The van der Waals surface area contributed by atoms with Crippen LogP contribution in [0.4, 0.5) is 0 Å². The standard InChI is InChI=1S/C25H27NO2/c1-4-22(28-23-17-18(2)15-16-19(23)3)25(27)26-24(20-11-7-5-8-12-20)21-13-9-6-10-14-21/h5-17,22,24H,4H2,1-3H3,(H,26,27). The minimum Gasteiger partial charge on any atom is -0.480 e. The predicted octanol–water partition coefficient (Wildman–Crippen LogP) is 5.37. The molecule has 0 aliphatic carbocycles. The summed E-state index contributed by atoms with van der Waals surface area (Å²) in [6, 6.07) is 25.9. The molecule has 0 spiro atoms. The van der Waals surface area contributed by atoms with E-state index in [9.17, 15) is 4.79 Å². The van der Waals surface area contributed by atoms with E-state index in [1.165, 1.54) is 0 Å². The average Bonchev–Trinajstić information content (AvgIpc) is 2.73. The van der Waals surface area contributed by atoms with Gasteiger partial charge in [-0.2, -0.15) is 0 Å². The van der Waals surface area contributed by atoms with E-state index in [0.29, 0.717) is 6.42 Å². The number of hydrogen-bond donors (Lipinski definition) is 1. The van der Waals surface area contributed by atoms with E-state index in [-0.39, 0.29) is 11.9 Å². The number of aryl methyl sites for hydroxylation is 2. The van der Waals surface area contributed by atoms with Gasteiger partial charge in [-0.15, -0.1) is 0 Å². The fraction of sp³-hybridized carbons (Fsp3) is 0.240. The molecule has 3 aromatic carbocycles. The number of carbonyl (C=O) groups is 1. The predicted molar refractivity (Wildman–Crippen MR) is 113 cm³/mol. The van der Waals surface area contributed by atoms with E-state index < -0.39 is 6.10 Å². The van der Waals surface area contributed by atoms with Crippen LogP contribution in [0.15, 0.2) is 78.9 Å². The number of carbonyl (C=O) groups excluding carboxylic acids is 1. The highest BCUT2D eigenvalue weighted by Crippen LogP contribution is 2.24. The first-order chi connectivity index (χ1) is 13.6. The van der Waals surface area contributed by atoms with Crippen molar-refractivity contribution in [1.82, 2.24) is 5.32 Å². The largest absolute Gasteiger partial charge is 0.480 e. The van der Waals surface area contributed by atoms with Crippen LogP contribution < -0.4 is 10.1 Å². The summed E-state index contributed by atoms with van der Waals surface area (Å²) in [4.78, 5) is 13.1. The van der Waals surface area contributed by atoms with Crippen molar-refractivity contribution in [3.63, 3.8) is 0 Å². The fourth-order valence-corrected chi connectivity index (χ4v) is 3.20. The fourth-order valence-electron chi connectivity index (χ4n) is 3.20. The van der Waals surface area contributed by atoms with Gasteiger partial charge in [0.25, 0.3) is 5.91 Å². The summed E-state index contributed by atoms with van der Waals surface area (Å²) in [5, 5.41) is 3.19. The molecule has 0 radical (unpaired) electrons. The van der Waals surface area contributed by atoms with Crippen molar-refractivity contribution >= 4 is 5.91 Å². The van der Waals surface area contributed by atoms with E-state index in [2.05, 4.69) is 5.32 Å². The minimum atomic E-state index is -0.546. The minimum absolute atomic E-state index is 0.110. The average molecular weight is 373 g/mol. The molecule has 3 nitrogen and oxygen atoms in total. The summed E-state index contributed by atoms with van der Waals surface area (Å²) >= 11 is 0. The lowest BCUT2D eigenvalue weighted by atomic mass is 9.98. The zero-order chi connectivity index (χ0) is 19.9. The molecule has 3 rings (SSSR count). The number of amides is 1. The maximum atomic E-state index is 13.1. The van der Waals surface area contributed by atoms with Crippen LogP contribution in [0.3, 0.4) is 0 Å². The Balaban J connectivity index is 1.83. The monoisotopic (exact) mass is 373 g/mol. The summed E-state index contributed by atoms with van der Waals surface area (Å²) in [6.07, 6.45) is 0.0469. The lowest BCUT2D eigenvalue weighted by Gasteiger charge is -2.24. The van der Waals surface area contributed by atoms with Crippen molar-refractivity contribution in [3.8, 4) is 5.75 Å². The second kappa shape index (κ2) is 9.23. The van der Waals surface area contributed by atoms with Gasteiger partial charge >= 0.3 is 0 Å². The second-order valence-electron chi connectivity index (χ2n) is 7.05. The van der Waals surface area contributed by atoms with Gasteiger partial charge in [-0.25, -0.2) is 0 Å². The first-order valence-electron chi connectivity index (χ1n) is 9.72. The van der Waals surface area contributed by atoms with Crippen LogP contribution >= 0.6 is 0 Å². The molecule has 1 unspecified atom stereocenters. The third-order valence-electron chi connectivity index (χ3n) is 4.83. The molecule has 3 heteroatoms. The first-order valence-corrected chi connectivity index (χ1v) is 9.72. The third-order valence-corrected chi connectivity index (χ3v) is 4.83. The van der Waals surface area contributed by atoms with Crippen LogP contribution in [0.25, 0.3) is 0 Å². The molecular weight excluding hydrogens is 346 g/mol. The summed E-state index contributed by atoms with van der Waals surface area (Å²) in [6.45, 7) is 5.99. The van der Waals surface area contributed by atoms with Gasteiger partial charge in [-0.1, -0.05) is 79.7 Å². The van der Waals surface area contributed by atoms with Crippen LogP contribution in [0.5, 0.6) is 5.75 Å². The number of hydrogen-bond acceptors (Lipinski definition) is 2. The third kappa shape index (κ3) is 4.80. The van der Waals surface area contributed by atoms with E-state index in [4.69, 9.17) is 4.74 Å². The SMILES string of the molecule is CCC(Oc1cc(C)ccc1C)C(=O)NC(c1ccccc1)c1ccccc1. The molecule has 0 bridgehead atoms. The van der Waals surface area contributed by atoms with Crippen LogP contribution in [0, 0.1) is 13.8 Å². The van der Waals surface area contributed by atoms with Gasteiger partial charge in [0.2, 0.25) is 0 Å². The number of nitrogens with one attached hydrogen (secondary N) is 1. The quantitative estimate of drug-likeness (QED) is 0.605. The Bertz CT molecular complexity index is 867. The van der Waals surface area contributed by atoms with Crippen molar-refractivity contribution in [2.45, 2.75) is 39.3 Å². The zero-order valence-corrected chi connectivity index (χ0v) is 16.7. The van der Waals surface area contributed by atoms with Crippen molar-refractivity contribution in [3.05, 3.63) is 101 Å². The molecule has 0 saturated carbocycles. The van der Waals surface area contributed by atoms with Crippen molar-refractivity contribution in [2.75, 3.05) is 0 Å². The highest BCUT2D eigenvalue weighted by molar-refractivity contribution is 5.82. The number of rotatable bonds is 7. The van der Waals surface area contributed by atoms with Crippen LogP contribution in [-0.2, 0) is 4.79 Å². The maximum Gasteiger partial charge on any atom is 0.261 e. The van der Waals surface area contributed by atoms with E-state index in [1.807, 2.05) is 99.6 Å². The van der Waals surface area contributed by atoms with Crippen LogP contribution in [0.2, 0.25) is 0 Å². The molecule has 28 heavy (non-hydrogen) atoms. The van der Waals surface area contributed by atoms with Crippen molar-refractivity contribution < 1.29 is 9.53 Å². The zero-order valence-electron chi connectivity index (χ0n) is 16.7. The Hall–Kier alpha value is -3.07. The summed E-state index contributed by atoms with van der Waals surface area (Å²) in [7, 11) is 0. The van der Waals surface area contributed by atoms with E-state index >= 15 is 0 Å². The smallest absolute Gasteiger partial charge is 0.261 e. The summed E-state index contributed by atoms with van der Waals surface area (Å²) in [5.74, 6) is 0.652. The van der Waals surface area contributed by atoms with Crippen molar-refractivity contribution in [2.24, 2.45) is 0 Å². The molecule has 0 heterocycles. The molecule has 1 amide bonds. The molecule has 0 fully saturated rings. The molecule has 0 aromatic heterocycles. The Labute approximate surface area is 167 Å². The lowest BCUT2D eigenvalue weighted by Crippen LogP contribution is -2.40. The summed E-state index contributed by atoms with van der Waals surface area (Å²) < 4.78 is 6.10. The van der Waals surface area contributed by atoms with Gasteiger partial charge in [0, 0.05) is 0 Å². The van der Waals surface area contributed by atoms with Gasteiger partial charge < -0.3 is 10.1 Å². The second-order valence-corrected chi connectivity index (χ2v) is 7.05. The van der Waals surface area contributed by atoms with E-state index in [0.717, 1.165) is 28.0 Å². The normalized spacial score (nSPS) is 11.9. The highest BCUT2D eigenvalue weighted by atomic mass is 16.5. The Kier molecular flexibility index (Phi) is 6.49. The van der Waals surface area contributed by atoms with Crippen LogP contribution in [-0.4, -0.2) is 12.0 Å². The first kappa shape index (κ1) is 19.7. The highest BCUT2D eigenvalue weighted by Gasteiger charge is 2.24.